The van der Waals surface area contributed by atoms with Crippen LogP contribution in [0.2, 0.25) is 0 Å². The molecular formula is C25H35N3O. The smallest absolute Gasteiger partial charge is 0.251 e. The predicted molar refractivity (Wildman–Crippen MR) is 122 cm³/mol. The number of anilines is 1. The van der Waals surface area contributed by atoms with Crippen molar-refractivity contribution in [2.45, 2.75) is 33.1 Å². The maximum atomic E-state index is 12.5. The molecule has 1 atom stereocenters. The van der Waals surface area contributed by atoms with Crippen LogP contribution in [-0.4, -0.2) is 50.1 Å². The van der Waals surface area contributed by atoms with Crippen LogP contribution in [-0.2, 0) is 6.42 Å². The summed E-state index contributed by atoms with van der Waals surface area (Å²) >= 11 is 0. The molecule has 2 aromatic rings. The minimum atomic E-state index is 0.0397. The van der Waals surface area contributed by atoms with Gasteiger partial charge in [0.2, 0.25) is 0 Å². The topological polar surface area (TPSA) is 35.6 Å². The molecule has 1 amide bonds. The van der Waals surface area contributed by atoms with Gasteiger partial charge in [0.15, 0.2) is 0 Å². The van der Waals surface area contributed by atoms with Crippen LogP contribution < -0.4 is 10.2 Å². The SMILES string of the molecule is CCCN(CC)c1ccc(C(=O)NCC2CCN(CCc3ccccc3)C2)cc1. The van der Waals surface area contributed by atoms with Crippen LogP contribution in [0, 0.1) is 5.92 Å². The highest BCUT2D eigenvalue weighted by molar-refractivity contribution is 5.94. The molecule has 4 heteroatoms. The molecular weight excluding hydrogens is 358 g/mol. The first-order valence-electron chi connectivity index (χ1n) is 11.1. The van der Waals surface area contributed by atoms with Gasteiger partial charge in [-0.3, -0.25) is 4.79 Å². The molecule has 0 saturated carbocycles. The molecule has 0 aliphatic carbocycles. The van der Waals surface area contributed by atoms with Gasteiger partial charge in [-0.15, -0.1) is 0 Å². The van der Waals surface area contributed by atoms with Crippen molar-refractivity contribution in [1.29, 1.82) is 0 Å². The lowest BCUT2D eigenvalue weighted by molar-refractivity contribution is 0.0947. The number of nitrogens with zero attached hydrogens (tertiary/aromatic N) is 2. The van der Waals surface area contributed by atoms with Crippen molar-refractivity contribution < 1.29 is 4.79 Å². The van der Waals surface area contributed by atoms with Crippen LogP contribution in [0.3, 0.4) is 0 Å². The van der Waals surface area contributed by atoms with Crippen molar-refractivity contribution in [2.75, 3.05) is 44.2 Å². The van der Waals surface area contributed by atoms with Gasteiger partial charge in [-0.1, -0.05) is 37.3 Å². The van der Waals surface area contributed by atoms with E-state index in [-0.39, 0.29) is 5.91 Å². The summed E-state index contributed by atoms with van der Waals surface area (Å²) in [6, 6.07) is 18.7. The van der Waals surface area contributed by atoms with E-state index in [4.69, 9.17) is 0 Å². The molecule has 1 heterocycles. The van der Waals surface area contributed by atoms with E-state index in [0.29, 0.717) is 5.92 Å². The minimum absolute atomic E-state index is 0.0397. The molecule has 1 aliphatic rings. The van der Waals surface area contributed by atoms with Gasteiger partial charge in [0.05, 0.1) is 0 Å². The molecule has 1 saturated heterocycles. The van der Waals surface area contributed by atoms with Gasteiger partial charge in [0.1, 0.15) is 0 Å². The largest absolute Gasteiger partial charge is 0.372 e. The second-order valence-electron chi connectivity index (χ2n) is 8.03. The van der Waals surface area contributed by atoms with E-state index in [2.05, 4.69) is 71.4 Å². The third-order valence-electron chi connectivity index (χ3n) is 5.85. The third kappa shape index (κ3) is 6.33. The summed E-state index contributed by atoms with van der Waals surface area (Å²) in [7, 11) is 0. The lowest BCUT2D eigenvalue weighted by Gasteiger charge is -2.22. The molecule has 29 heavy (non-hydrogen) atoms. The standard InChI is InChI=1S/C25H35N3O/c1-3-16-28(4-2)24-12-10-23(11-13-24)25(29)26-19-22-15-18-27(20-22)17-14-21-8-6-5-7-9-21/h5-13,22H,3-4,14-20H2,1-2H3,(H,26,29). The fraction of sp³-hybridized carbons (Fsp3) is 0.480. The molecule has 156 valence electrons. The number of carbonyl (C=O) groups is 1. The second-order valence-corrected chi connectivity index (χ2v) is 8.03. The Morgan fingerprint density at radius 2 is 1.86 bits per heavy atom. The van der Waals surface area contributed by atoms with Crippen molar-refractivity contribution >= 4 is 11.6 Å². The molecule has 2 aromatic carbocycles. The normalized spacial score (nSPS) is 16.7. The predicted octanol–water partition coefficient (Wildman–Crippen LogP) is 4.22. The maximum Gasteiger partial charge on any atom is 0.251 e. The summed E-state index contributed by atoms with van der Waals surface area (Å²) in [5.74, 6) is 0.590. The van der Waals surface area contributed by atoms with Gasteiger partial charge >= 0.3 is 0 Å². The Morgan fingerprint density at radius 3 is 2.55 bits per heavy atom. The number of rotatable bonds is 10. The molecule has 4 nitrogen and oxygen atoms in total. The lowest BCUT2D eigenvalue weighted by atomic mass is 10.1. The van der Waals surface area contributed by atoms with E-state index < -0.39 is 0 Å². The highest BCUT2D eigenvalue weighted by Crippen LogP contribution is 2.18. The molecule has 0 aromatic heterocycles. The molecule has 0 radical (unpaired) electrons. The monoisotopic (exact) mass is 393 g/mol. The maximum absolute atomic E-state index is 12.5. The fourth-order valence-corrected chi connectivity index (χ4v) is 4.12. The number of nitrogens with one attached hydrogen (secondary N) is 1. The van der Waals surface area contributed by atoms with Gasteiger partial charge < -0.3 is 15.1 Å². The molecule has 3 rings (SSSR count). The highest BCUT2D eigenvalue weighted by Gasteiger charge is 2.22. The summed E-state index contributed by atoms with van der Waals surface area (Å²) < 4.78 is 0. The molecule has 0 spiro atoms. The first kappa shape index (κ1) is 21.4. The van der Waals surface area contributed by atoms with Crippen LogP contribution in [0.4, 0.5) is 5.69 Å². The van der Waals surface area contributed by atoms with Crippen LogP contribution in [0.5, 0.6) is 0 Å². The quantitative estimate of drug-likeness (QED) is 0.657. The Morgan fingerprint density at radius 1 is 1.10 bits per heavy atom. The van der Waals surface area contributed by atoms with Crippen LogP contribution in [0.25, 0.3) is 0 Å². The van der Waals surface area contributed by atoms with E-state index in [1.54, 1.807) is 0 Å². The van der Waals surface area contributed by atoms with Gasteiger partial charge in [0.25, 0.3) is 5.91 Å². The number of likely N-dealkylation sites (tertiary alicyclic amines) is 1. The Balaban J connectivity index is 1.41. The van der Waals surface area contributed by atoms with Crippen LogP contribution >= 0.6 is 0 Å². The van der Waals surface area contributed by atoms with Crippen molar-refractivity contribution in [3.63, 3.8) is 0 Å². The fourth-order valence-electron chi connectivity index (χ4n) is 4.12. The first-order valence-corrected chi connectivity index (χ1v) is 11.1. The molecule has 1 aliphatic heterocycles. The summed E-state index contributed by atoms with van der Waals surface area (Å²) in [4.78, 5) is 17.4. The van der Waals surface area contributed by atoms with Crippen LogP contribution in [0.1, 0.15) is 42.6 Å². The average Bonchev–Trinajstić information content (AvgIpc) is 3.23. The number of hydrogen-bond donors (Lipinski definition) is 1. The van der Waals surface area contributed by atoms with Crippen molar-refractivity contribution in [2.24, 2.45) is 5.92 Å². The third-order valence-corrected chi connectivity index (χ3v) is 5.85. The average molecular weight is 394 g/mol. The molecule has 1 fully saturated rings. The van der Waals surface area contributed by atoms with E-state index >= 15 is 0 Å². The molecule has 1 unspecified atom stereocenters. The summed E-state index contributed by atoms with van der Waals surface area (Å²) in [5.41, 5.74) is 3.34. The van der Waals surface area contributed by atoms with Gasteiger partial charge in [-0.25, -0.2) is 0 Å². The zero-order chi connectivity index (χ0) is 20.5. The summed E-state index contributed by atoms with van der Waals surface area (Å²) in [6.07, 6.45) is 3.38. The first-order chi connectivity index (χ1) is 14.2. The van der Waals surface area contributed by atoms with Crippen molar-refractivity contribution in [3.8, 4) is 0 Å². The molecule has 0 bridgehead atoms. The second kappa shape index (κ2) is 11.0. The van der Waals surface area contributed by atoms with Crippen molar-refractivity contribution in [1.82, 2.24) is 10.2 Å². The Hall–Kier alpha value is -2.33. The van der Waals surface area contributed by atoms with Crippen molar-refractivity contribution in [3.05, 3.63) is 65.7 Å². The number of carbonyl (C=O) groups excluding carboxylic acids is 1. The van der Waals surface area contributed by atoms with E-state index in [0.717, 1.165) is 64.1 Å². The summed E-state index contributed by atoms with van der Waals surface area (Å²) in [6.45, 7) is 10.5. The summed E-state index contributed by atoms with van der Waals surface area (Å²) in [5, 5.41) is 3.14. The minimum Gasteiger partial charge on any atom is -0.372 e. The zero-order valence-electron chi connectivity index (χ0n) is 17.9. The van der Waals surface area contributed by atoms with E-state index in [1.165, 1.54) is 11.3 Å². The van der Waals surface area contributed by atoms with E-state index in [9.17, 15) is 4.79 Å². The van der Waals surface area contributed by atoms with Gasteiger partial charge in [0, 0.05) is 44.0 Å². The molecule has 1 N–H and O–H groups in total. The Labute approximate surface area is 175 Å². The highest BCUT2D eigenvalue weighted by atomic mass is 16.1. The zero-order valence-corrected chi connectivity index (χ0v) is 17.9. The number of benzene rings is 2. The van der Waals surface area contributed by atoms with E-state index in [1.807, 2.05) is 12.1 Å². The van der Waals surface area contributed by atoms with Gasteiger partial charge in [-0.2, -0.15) is 0 Å². The number of amides is 1. The Kier molecular flexibility index (Phi) is 8.12. The van der Waals surface area contributed by atoms with Gasteiger partial charge in [-0.05, 0) is 68.5 Å². The van der Waals surface area contributed by atoms with Crippen LogP contribution in [0.15, 0.2) is 54.6 Å². The number of hydrogen-bond acceptors (Lipinski definition) is 3. The lowest BCUT2D eigenvalue weighted by Crippen LogP contribution is -2.31. The Bertz CT molecular complexity index is 744.